The molecule has 0 saturated heterocycles. The van der Waals surface area contributed by atoms with E-state index in [-0.39, 0.29) is 19.1 Å². The Labute approximate surface area is 271 Å². The highest BCUT2D eigenvalue weighted by Crippen LogP contribution is 2.43. The summed E-state index contributed by atoms with van der Waals surface area (Å²) in [6.07, 6.45) is 33.1. The molecule has 0 radical (unpaired) electrons. The van der Waals surface area contributed by atoms with Crippen molar-refractivity contribution in [1.82, 2.24) is 5.32 Å². The van der Waals surface area contributed by atoms with Crippen molar-refractivity contribution in [3.63, 3.8) is 0 Å². The van der Waals surface area contributed by atoms with E-state index in [9.17, 15) is 19.4 Å². The molecule has 0 aliphatic heterocycles. The molecule has 0 heterocycles. The number of nitrogens with zero attached hydrogens (tertiary/aromatic N) is 1. The van der Waals surface area contributed by atoms with Gasteiger partial charge in [-0.2, -0.15) is 0 Å². The lowest BCUT2D eigenvalue weighted by Gasteiger charge is -2.25. The number of likely N-dealkylation sites (N-methyl/N-ethyl adjacent to an activating group) is 1. The van der Waals surface area contributed by atoms with E-state index in [1.165, 1.54) is 116 Å². The lowest BCUT2D eigenvalue weighted by atomic mass is 10.0. The summed E-state index contributed by atoms with van der Waals surface area (Å²) in [6.45, 7) is 3.84. The molecular formula is C35H70N2O6P+. The monoisotopic (exact) mass is 645 g/mol. The first kappa shape index (κ1) is 43.0. The van der Waals surface area contributed by atoms with Gasteiger partial charge in [-0.3, -0.25) is 13.8 Å². The zero-order valence-corrected chi connectivity index (χ0v) is 30.0. The number of quaternary nitrogens is 1. The minimum absolute atomic E-state index is 0.0531. The van der Waals surface area contributed by atoms with Gasteiger partial charge in [-0.1, -0.05) is 134 Å². The van der Waals surface area contributed by atoms with E-state index in [2.05, 4.69) is 24.4 Å². The zero-order valence-electron chi connectivity index (χ0n) is 29.1. The van der Waals surface area contributed by atoms with E-state index in [0.717, 1.165) is 19.3 Å². The minimum Gasteiger partial charge on any atom is -0.387 e. The number of amides is 1. The minimum atomic E-state index is -4.29. The van der Waals surface area contributed by atoms with Crippen LogP contribution in [0.2, 0.25) is 0 Å². The Hall–Kier alpha value is -1.02. The Balaban J connectivity index is 3.85. The van der Waals surface area contributed by atoms with Crippen LogP contribution in [0.15, 0.2) is 24.3 Å². The van der Waals surface area contributed by atoms with Gasteiger partial charge in [0, 0.05) is 6.92 Å². The van der Waals surface area contributed by atoms with Gasteiger partial charge in [0.25, 0.3) is 0 Å². The van der Waals surface area contributed by atoms with Crippen molar-refractivity contribution in [3.05, 3.63) is 24.3 Å². The van der Waals surface area contributed by atoms with E-state index < -0.39 is 20.0 Å². The Morgan fingerprint density at radius 3 is 1.68 bits per heavy atom. The summed E-state index contributed by atoms with van der Waals surface area (Å²) in [6, 6.07) is -0.860. The van der Waals surface area contributed by atoms with Crippen LogP contribution in [0.25, 0.3) is 0 Å². The average molecular weight is 646 g/mol. The highest BCUT2D eigenvalue weighted by atomic mass is 31.2. The summed E-state index contributed by atoms with van der Waals surface area (Å²) in [5, 5.41) is 13.1. The zero-order chi connectivity index (χ0) is 32.9. The smallest absolute Gasteiger partial charge is 0.387 e. The van der Waals surface area contributed by atoms with Crippen LogP contribution in [0, 0.1) is 0 Å². The van der Waals surface area contributed by atoms with Crippen molar-refractivity contribution >= 4 is 13.7 Å². The largest absolute Gasteiger partial charge is 0.472 e. The van der Waals surface area contributed by atoms with Crippen molar-refractivity contribution in [2.45, 2.75) is 154 Å². The molecule has 0 aromatic heterocycles. The molecule has 0 bridgehead atoms. The van der Waals surface area contributed by atoms with Crippen LogP contribution >= 0.6 is 7.82 Å². The predicted octanol–water partition coefficient (Wildman–Crippen LogP) is 8.63. The van der Waals surface area contributed by atoms with Gasteiger partial charge >= 0.3 is 7.82 Å². The maximum atomic E-state index is 12.2. The number of phosphoric acid groups is 1. The Bertz CT molecular complexity index is 784. The first-order valence-corrected chi connectivity index (χ1v) is 19.2. The highest BCUT2D eigenvalue weighted by Gasteiger charge is 2.27. The maximum Gasteiger partial charge on any atom is 0.472 e. The third-order valence-electron chi connectivity index (χ3n) is 7.71. The van der Waals surface area contributed by atoms with Crippen molar-refractivity contribution in [1.29, 1.82) is 0 Å². The van der Waals surface area contributed by atoms with Crippen LogP contribution in [0.1, 0.15) is 142 Å². The molecular weight excluding hydrogens is 575 g/mol. The van der Waals surface area contributed by atoms with Gasteiger partial charge in [0.15, 0.2) is 0 Å². The predicted molar refractivity (Wildman–Crippen MR) is 185 cm³/mol. The van der Waals surface area contributed by atoms with Crippen LogP contribution in [0.3, 0.4) is 0 Å². The third kappa shape index (κ3) is 31.0. The fourth-order valence-corrected chi connectivity index (χ4v) is 5.65. The van der Waals surface area contributed by atoms with Crippen LogP contribution in [-0.4, -0.2) is 73.4 Å². The average Bonchev–Trinajstić information content (AvgIpc) is 2.94. The molecule has 44 heavy (non-hydrogen) atoms. The molecule has 9 heteroatoms. The number of carbonyl (C=O) groups excluding carboxylic acids is 1. The number of carbonyl (C=O) groups is 1. The summed E-state index contributed by atoms with van der Waals surface area (Å²) < 4.78 is 22.8. The lowest BCUT2D eigenvalue weighted by Crippen LogP contribution is -2.44. The van der Waals surface area contributed by atoms with Gasteiger partial charge in [-0.05, 0) is 25.7 Å². The van der Waals surface area contributed by atoms with E-state index in [0.29, 0.717) is 11.0 Å². The SMILES string of the molecule is CCCCCCCCCCCCCCCCCCC/C=C/CC/C=C/C(O)C(COP(=O)(O)OCC[N+](C)(C)C)NC(C)=O. The van der Waals surface area contributed by atoms with Gasteiger partial charge < -0.3 is 19.8 Å². The van der Waals surface area contributed by atoms with Gasteiger partial charge in [-0.25, -0.2) is 4.57 Å². The Morgan fingerprint density at radius 2 is 1.20 bits per heavy atom. The summed E-state index contributed by atoms with van der Waals surface area (Å²) in [7, 11) is 1.54. The number of nitrogens with one attached hydrogen (secondary N) is 1. The van der Waals surface area contributed by atoms with Crippen molar-refractivity contribution < 1.29 is 32.9 Å². The normalized spacial score (nSPS) is 15.2. The molecule has 0 aromatic rings. The second kappa shape index (κ2) is 28.2. The number of aliphatic hydroxyl groups is 1. The van der Waals surface area contributed by atoms with Crippen LogP contribution in [0.4, 0.5) is 0 Å². The Morgan fingerprint density at radius 1 is 0.750 bits per heavy atom. The van der Waals surface area contributed by atoms with Crippen molar-refractivity contribution in [2.75, 3.05) is 40.9 Å². The highest BCUT2D eigenvalue weighted by molar-refractivity contribution is 7.47. The van der Waals surface area contributed by atoms with Crippen LogP contribution in [0.5, 0.6) is 0 Å². The van der Waals surface area contributed by atoms with E-state index in [1.807, 2.05) is 27.2 Å². The van der Waals surface area contributed by atoms with Crippen molar-refractivity contribution in [2.24, 2.45) is 0 Å². The second-order valence-electron chi connectivity index (χ2n) is 13.3. The number of unbranched alkanes of at least 4 members (excludes halogenated alkanes) is 18. The summed E-state index contributed by atoms with van der Waals surface area (Å²) in [5.41, 5.74) is 0. The molecule has 8 nitrogen and oxygen atoms in total. The lowest BCUT2D eigenvalue weighted by molar-refractivity contribution is -0.870. The van der Waals surface area contributed by atoms with Gasteiger partial charge in [-0.15, -0.1) is 0 Å². The molecule has 3 N–H and O–H groups in total. The molecule has 0 spiro atoms. The standard InChI is InChI=1S/C35H69N2O6P/c1-6-7-8-9-10-11-12-13-14-15-16-17-18-19-20-21-22-23-24-25-26-27-28-29-35(39)34(36-33(2)38)32-43-44(40,41)42-31-30-37(3,4)5/h24-25,28-29,34-35,39H,6-23,26-27,30-32H2,1-5H3,(H-,36,38,40,41)/p+1/b25-24+,29-28+. The number of phosphoric ester groups is 1. The van der Waals surface area contributed by atoms with E-state index in [4.69, 9.17) is 9.05 Å². The number of hydrogen-bond donors (Lipinski definition) is 3. The summed E-state index contributed by atoms with van der Waals surface area (Å²) in [4.78, 5) is 21.5. The van der Waals surface area contributed by atoms with E-state index in [1.54, 1.807) is 6.08 Å². The molecule has 0 aliphatic rings. The molecule has 260 valence electrons. The summed E-state index contributed by atoms with van der Waals surface area (Å²) in [5.74, 6) is -0.364. The first-order valence-electron chi connectivity index (χ1n) is 17.7. The molecule has 3 unspecified atom stereocenters. The van der Waals surface area contributed by atoms with Gasteiger partial charge in [0.05, 0.1) is 39.9 Å². The van der Waals surface area contributed by atoms with Crippen LogP contribution < -0.4 is 5.32 Å². The first-order chi connectivity index (χ1) is 21.0. The topological polar surface area (TPSA) is 105 Å². The molecule has 0 rings (SSSR count). The maximum absolute atomic E-state index is 12.2. The quantitative estimate of drug-likeness (QED) is 0.0302. The summed E-state index contributed by atoms with van der Waals surface area (Å²) >= 11 is 0. The molecule has 0 fully saturated rings. The molecule has 0 saturated carbocycles. The fraction of sp³-hybridized carbons (Fsp3) is 0.857. The van der Waals surface area contributed by atoms with Crippen LogP contribution in [-0.2, 0) is 18.4 Å². The molecule has 0 aliphatic carbocycles. The molecule has 0 aromatic carbocycles. The number of aliphatic hydroxyl groups excluding tert-OH is 1. The fourth-order valence-electron chi connectivity index (χ4n) is 4.91. The second-order valence-corrected chi connectivity index (χ2v) is 14.8. The van der Waals surface area contributed by atoms with E-state index >= 15 is 0 Å². The number of allylic oxidation sites excluding steroid dienone is 3. The van der Waals surface area contributed by atoms with Gasteiger partial charge in [0.2, 0.25) is 5.91 Å². The third-order valence-corrected chi connectivity index (χ3v) is 8.69. The molecule has 3 atom stereocenters. The number of rotatable bonds is 31. The van der Waals surface area contributed by atoms with Gasteiger partial charge in [0.1, 0.15) is 13.2 Å². The number of hydrogen-bond acceptors (Lipinski definition) is 5. The van der Waals surface area contributed by atoms with Crippen molar-refractivity contribution in [3.8, 4) is 0 Å². The molecule has 1 amide bonds. The Kier molecular flexibility index (Phi) is 27.6.